The van der Waals surface area contributed by atoms with Crippen molar-refractivity contribution in [3.8, 4) is 6.07 Å². The van der Waals surface area contributed by atoms with E-state index in [0.717, 1.165) is 12.0 Å². The van der Waals surface area contributed by atoms with E-state index in [1.807, 2.05) is 18.2 Å². The normalized spacial score (nSPS) is 9.63. The van der Waals surface area contributed by atoms with Gasteiger partial charge in [-0.15, -0.1) is 0 Å². The average Bonchev–Trinajstić information content (AvgIpc) is 2.48. The van der Waals surface area contributed by atoms with E-state index < -0.39 is 0 Å². The van der Waals surface area contributed by atoms with Crippen molar-refractivity contribution in [2.75, 3.05) is 6.54 Å². The van der Waals surface area contributed by atoms with E-state index in [1.54, 1.807) is 18.5 Å². The highest BCUT2D eigenvalue weighted by molar-refractivity contribution is 5.92. The van der Waals surface area contributed by atoms with Gasteiger partial charge < -0.3 is 5.32 Å². The second-order valence-corrected chi connectivity index (χ2v) is 3.90. The van der Waals surface area contributed by atoms with Crippen molar-refractivity contribution in [3.05, 3.63) is 59.7 Å². The fourth-order valence-electron chi connectivity index (χ4n) is 1.58. The number of nitrogens with zero attached hydrogens (tertiary/aromatic N) is 3. The topological polar surface area (TPSA) is 78.7 Å². The van der Waals surface area contributed by atoms with Crippen molar-refractivity contribution in [1.29, 1.82) is 5.26 Å². The zero-order valence-corrected chi connectivity index (χ0v) is 10.2. The Morgan fingerprint density at radius 1 is 1.26 bits per heavy atom. The molecule has 5 nitrogen and oxygen atoms in total. The van der Waals surface area contributed by atoms with Crippen molar-refractivity contribution in [1.82, 2.24) is 15.3 Å². The van der Waals surface area contributed by atoms with E-state index in [-0.39, 0.29) is 11.6 Å². The second kappa shape index (κ2) is 6.26. The highest BCUT2D eigenvalue weighted by Crippen LogP contribution is 2.01. The van der Waals surface area contributed by atoms with Gasteiger partial charge >= 0.3 is 0 Å². The zero-order valence-electron chi connectivity index (χ0n) is 10.2. The van der Waals surface area contributed by atoms with Crippen molar-refractivity contribution in [3.63, 3.8) is 0 Å². The number of amides is 1. The number of pyridine rings is 2. The van der Waals surface area contributed by atoms with Crippen LogP contribution in [0.4, 0.5) is 0 Å². The van der Waals surface area contributed by atoms with E-state index in [0.29, 0.717) is 12.1 Å². The lowest BCUT2D eigenvalue weighted by atomic mass is 10.2. The van der Waals surface area contributed by atoms with Gasteiger partial charge in [-0.2, -0.15) is 5.26 Å². The number of aromatic nitrogens is 2. The molecule has 2 heterocycles. The molecule has 0 aromatic carbocycles. The lowest BCUT2D eigenvalue weighted by Gasteiger charge is -2.04. The number of hydrogen-bond acceptors (Lipinski definition) is 4. The van der Waals surface area contributed by atoms with Crippen LogP contribution >= 0.6 is 0 Å². The fourth-order valence-corrected chi connectivity index (χ4v) is 1.58. The smallest absolute Gasteiger partial charge is 0.269 e. The summed E-state index contributed by atoms with van der Waals surface area (Å²) in [6, 6.07) is 8.82. The highest BCUT2D eigenvalue weighted by Gasteiger charge is 2.07. The summed E-state index contributed by atoms with van der Waals surface area (Å²) in [5.41, 5.74) is 1.79. The molecule has 0 saturated heterocycles. The molecular formula is C14H12N4O. The summed E-state index contributed by atoms with van der Waals surface area (Å²) < 4.78 is 0. The first-order chi connectivity index (χ1) is 9.29. The number of carbonyl (C=O) groups excluding carboxylic acids is 1. The summed E-state index contributed by atoms with van der Waals surface area (Å²) >= 11 is 0. The third kappa shape index (κ3) is 3.61. The zero-order chi connectivity index (χ0) is 13.5. The predicted octanol–water partition coefficient (Wildman–Crippen LogP) is 1.32. The summed E-state index contributed by atoms with van der Waals surface area (Å²) in [5, 5.41) is 11.5. The second-order valence-electron chi connectivity index (χ2n) is 3.90. The first kappa shape index (κ1) is 12.7. The van der Waals surface area contributed by atoms with Crippen LogP contribution in [0.1, 0.15) is 21.6 Å². The molecular weight excluding hydrogens is 240 g/mol. The van der Waals surface area contributed by atoms with Gasteiger partial charge in [0.05, 0.1) is 11.6 Å². The van der Waals surface area contributed by atoms with E-state index in [4.69, 9.17) is 5.26 Å². The van der Waals surface area contributed by atoms with E-state index in [2.05, 4.69) is 15.3 Å². The molecule has 2 aromatic rings. The molecule has 0 aliphatic heterocycles. The quantitative estimate of drug-likeness (QED) is 0.890. The van der Waals surface area contributed by atoms with Crippen molar-refractivity contribution >= 4 is 5.91 Å². The molecule has 1 N–H and O–H groups in total. The van der Waals surface area contributed by atoms with Crippen LogP contribution in [0.2, 0.25) is 0 Å². The van der Waals surface area contributed by atoms with Crippen molar-refractivity contribution in [2.24, 2.45) is 0 Å². The molecule has 1 amide bonds. The Morgan fingerprint density at radius 2 is 2.05 bits per heavy atom. The van der Waals surface area contributed by atoms with Crippen LogP contribution in [-0.4, -0.2) is 22.4 Å². The molecule has 5 heteroatoms. The summed E-state index contributed by atoms with van der Waals surface area (Å²) in [6.45, 7) is 0.515. The molecule has 19 heavy (non-hydrogen) atoms. The number of hydrogen-bond donors (Lipinski definition) is 1. The van der Waals surface area contributed by atoms with Gasteiger partial charge in [-0.05, 0) is 36.2 Å². The van der Waals surface area contributed by atoms with Crippen LogP contribution in [0.15, 0.2) is 42.9 Å². The number of rotatable bonds is 4. The molecule has 0 fully saturated rings. The van der Waals surface area contributed by atoms with Gasteiger partial charge in [-0.3, -0.25) is 14.8 Å². The Hall–Kier alpha value is -2.74. The number of nitrogens with one attached hydrogen (secondary N) is 1. The van der Waals surface area contributed by atoms with E-state index >= 15 is 0 Å². The summed E-state index contributed by atoms with van der Waals surface area (Å²) in [6.07, 6.45) is 5.62. The Kier molecular flexibility index (Phi) is 4.19. The summed E-state index contributed by atoms with van der Waals surface area (Å²) in [4.78, 5) is 19.7. The fraction of sp³-hybridized carbons (Fsp3) is 0.143. The van der Waals surface area contributed by atoms with E-state index in [1.165, 1.54) is 12.3 Å². The van der Waals surface area contributed by atoms with Crippen LogP contribution in [0.5, 0.6) is 0 Å². The largest absolute Gasteiger partial charge is 0.350 e. The van der Waals surface area contributed by atoms with Gasteiger partial charge in [-0.25, -0.2) is 0 Å². The maximum atomic E-state index is 11.8. The molecule has 0 radical (unpaired) electrons. The minimum Gasteiger partial charge on any atom is -0.350 e. The molecule has 2 aromatic heterocycles. The van der Waals surface area contributed by atoms with Gasteiger partial charge in [0.15, 0.2) is 0 Å². The van der Waals surface area contributed by atoms with Crippen LogP contribution in [-0.2, 0) is 6.42 Å². The van der Waals surface area contributed by atoms with Crippen LogP contribution in [0.3, 0.4) is 0 Å². The molecule has 0 unspecified atom stereocenters. The molecule has 94 valence electrons. The monoisotopic (exact) mass is 252 g/mol. The first-order valence-corrected chi connectivity index (χ1v) is 5.83. The molecule has 0 atom stereocenters. The molecule has 0 saturated carbocycles. The van der Waals surface area contributed by atoms with Crippen molar-refractivity contribution in [2.45, 2.75) is 6.42 Å². The predicted molar refractivity (Wildman–Crippen MR) is 69.2 cm³/mol. The molecule has 0 aliphatic rings. The van der Waals surface area contributed by atoms with Gasteiger partial charge in [0, 0.05) is 25.1 Å². The van der Waals surface area contributed by atoms with E-state index in [9.17, 15) is 4.79 Å². The average molecular weight is 252 g/mol. The van der Waals surface area contributed by atoms with Crippen LogP contribution in [0, 0.1) is 11.3 Å². The maximum Gasteiger partial charge on any atom is 0.269 e. The number of carbonyl (C=O) groups is 1. The Labute approximate surface area is 110 Å². The Morgan fingerprint density at radius 3 is 2.79 bits per heavy atom. The third-order valence-electron chi connectivity index (χ3n) is 2.57. The Bertz CT molecular complexity index is 604. The summed E-state index contributed by atoms with van der Waals surface area (Å²) in [5.74, 6) is -0.272. The minimum atomic E-state index is -0.272. The SMILES string of the molecule is N#Cc1ccnc(C(=O)NCCc2ccncc2)c1. The van der Waals surface area contributed by atoms with Gasteiger partial charge in [-0.1, -0.05) is 0 Å². The first-order valence-electron chi connectivity index (χ1n) is 5.83. The summed E-state index contributed by atoms with van der Waals surface area (Å²) in [7, 11) is 0. The van der Waals surface area contributed by atoms with Crippen LogP contribution in [0.25, 0.3) is 0 Å². The molecule has 0 aliphatic carbocycles. The minimum absolute atomic E-state index is 0.258. The maximum absolute atomic E-state index is 11.8. The Balaban J connectivity index is 1.89. The lowest BCUT2D eigenvalue weighted by Crippen LogP contribution is -2.26. The molecule has 0 bridgehead atoms. The van der Waals surface area contributed by atoms with Gasteiger partial charge in [0.25, 0.3) is 5.91 Å². The number of nitriles is 1. The molecule has 0 spiro atoms. The lowest BCUT2D eigenvalue weighted by molar-refractivity contribution is 0.0949. The van der Waals surface area contributed by atoms with Crippen molar-refractivity contribution < 1.29 is 4.79 Å². The van der Waals surface area contributed by atoms with Gasteiger partial charge in [0.1, 0.15) is 5.69 Å². The standard InChI is InChI=1S/C14H12N4O/c15-10-12-4-7-17-13(9-12)14(19)18-8-3-11-1-5-16-6-2-11/h1-2,4-7,9H,3,8H2,(H,18,19). The van der Waals surface area contributed by atoms with Crippen LogP contribution < -0.4 is 5.32 Å². The highest BCUT2D eigenvalue weighted by atomic mass is 16.1. The molecule has 2 rings (SSSR count). The van der Waals surface area contributed by atoms with Gasteiger partial charge in [0.2, 0.25) is 0 Å². The third-order valence-corrected chi connectivity index (χ3v) is 2.57.